The van der Waals surface area contributed by atoms with Crippen LogP contribution in [0.4, 0.5) is 20.8 Å². The standard InChI is InChI=1S/C21H23ClFNO5.C11H8ClNO3.C11H11N5O6S2/c1-2-3-6-9-28-19(25)12-29-18-11-17(16(23)10-15(18)22)24-20(26)13-7-4-5-8-14(13)21(24)27;12-8-3-4-9(16-6-10(14)15)11-7(8)2-1-5-13-11;1-5-12-9(15-11(13-5)22-2)14-10(19)16-24(20,21)6-3-4-23-7(6)8(17)18/h10-11H,2-9,12H2,1H3;1-5H,6H2,(H,14,15);3-4H,1-2H3,(H,17,18)(H2,12,13,14,15,16,19). The number of benzene rings is 2. The number of carboxylic acid groups (broad SMARTS) is 2. The number of urea groups is 1. The highest BCUT2D eigenvalue weighted by Gasteiger charge is 2.41. The lowest BCUT2D eigenvalue weighted by atomic mass is 9.93. The highest BCUT2D eigenvalue weighted by Crippen LogP contribution is 2.39. The number of aromatic carboxylic acids is 1. The maximum atomic E-state index is 14.5. The van der Waals surface area contributed by atoms with Crippen LogP contribution in [0.25, 0.3) is 10.9 Å². The summed E-state index contributed by atoms with van der Waals surface area (Å²) >= 11 is 12.7. The van der Waals surface area contributed by atoms with Gasteiger partial charge in [0.15, 0.2) is 13.2 Å². The number of aliphatic carboxylic acids is 1. The predicted octanol–water partition coefficient (Wildman–Crippen LogP) is 7.15. The van der Waals surface area contributed by atoms with Crippen LogP contribution in [-0.4, -0.2) is 101 Å². The van der Waals surface area contributed by atoms with Gasteiger partial charge in [-0.25, -0.2) is 41.6 Å². The van der Waals surface area contributed by atoms with E-state index < -0.39 is 74.6 Å². The number of nitrogens with zero attached hydrogens (tertiary/aromatic N) is 5. The number of hydrogen-bond acceptors (Lipinski definition) is 17. The molecule has 1 aliphatic carbocycles. The molecular formula is C43H42Cl2FN7O14S2. The molecule has 0 spiro atoms. The molecule has 0 bridgehead atoms. The number of fused-ring (bicyclic) bond motifs is 1. The molecule has 26 heteroatoms. The number of pyridine rings is 1. The number of nitrogens with one attached hydrogen (secondary N) is 2. The van der Waals surface area contributed by atoms with Gasteiger partial charge in [-0.1, -0.05) is 43.0 Å². The number of carbonyl (C=O) groups excluding carboxylic acids is 4. The van der Waals surface area contributed by atoms with Crippen molar-refractivity contribution in [1.29, 1.82) is 0 Å². The van der Waals surface area contributed by atoms with Gasteiger partial charge < -0.3 is 29.2 Å². The number of carboxylic acids is 2. The maximum Gasteiger partial charge on any atom is 0.347 e. The molecule has 1 aliphatic heterocycles. The molecule has 7 rings (SSSR count). The Kier molecular flexibility index (Phi) is 18.7. The third-order valence-corrected chi connectivity index (χ3v) is 12.5. The number of ether oxygens (including phenoxy) is 4. The second-order valence-electron chi connectivity index (χ2n) is 14.4. The second-order valence-corrected chi connectivity index (χ2v) is 17.7. The fraction of sp³-hybridized carbons (Fsp3) is 0.302. The summed E-state index contributed by atoms with van der Waals surface area (Å²) in [7, 11) is -3.06. The Morgan fingerprint density at radius 1 is 0.913 bits per heavy atom. The maximum absolute atomic E-state index is 14.5. The monoisotopic (exact) mass is 1030 g/mol. The molecule has 366 valence electrons. The van der Waals surface area contributed by atoms with E-state index in [2.05, 4.69) is 25.3 Å². The molecule has 0 radical (unpaired) electrons. The van der Waals surface area contributed by atoms with Crippen LogP contribution in [0, 0.1) is 12.7 Å². The van der Waals surface area contributed by atoms with Gasteiger partial charge in [-0.3, -0.25) is 19.9 Å². The minimum atomic E-state index is -4.37. The highest BCUT2D eigenvalue weighted by atomic mass is 35.5. The zero-order valence-electron chi connectivity index (χ0n) is 36.7. The Labute approximate surface area is 406 Å². The molecule has 3 aromatic heterocycles. The Bertz CT molecular complexity index is 2890. The third-order valence-electron chi connectivity index (χ3n) is 9.49. The van der Waals surface area contributed by atoms with Crippen molar-refractivity contribution in [3.05, 3.63) is 91.8 Å². The summed E-state index contributed by atoms with van der Waals surface area (Å²) in [5.41, 5.74) is 1.24. The lowest BCUT2D eigenvalue weighted by molar-refractivity contribution is -0.146. The van der Waals surface area contributed by atoms with Crippen LogP contribution >= 0.6 is 34.5 Å². The smallest absolute Gasteiger partial charge is 0.347 e. The van der Waals surface area contributed by atoms with E-state index in [0.29, 0.717) is 46.9 Å². The van der Waals surface area contributed by atoms with Crippen molar-refractivity contribution in [3.63, 3.8) is 0 Å². The van der Waals surface area contributed by atoms with Crippen LogP contribution in [0.3, 0.4) is 0 Å². The van der Waals surface area contributed by atoms with Gasteiger partial charge in [0, 0.05) is 28.8 Å². The second kappa shape index (κ2) is 24.3. The molecule has 21 nitrogen and oxygen atoms in total. The SMILES string of the molecule is CCCCCOC(=O)COc1cc(N2C(=O)C3=C(CCCC3)C2=O)c(F)cc1Cl.COc1nc(C)nc(NC(=O)NS(=O)(=O)c2ccsc2C(=O)O)n1.O=C(O)COc1ccc(Cl)c2cccnc12. The highest BCUT2D eigenvalue weighted by molar-refractivity contribution is 7.90. The first kappa shape index (κ1) is 52.9. The molecule has 2 aliphatic rings. The molecule has 4 N–H and O–H groups in total. The van der Waals surface area contributed by atoms with Crippen molar-refractivity contribution in [2.24, 2.45) is 0 Å². The molecule has 5 aromatic rings. The van der Waals surface area contributed by atoms with E-state index in [1.54, 1.807) is 35.2 Å². The minimum absolute atomic E-state index is 0.000883. The number of hydrogen-bond donors (Lipinski definition) is 4. The van der Waals surface area contributed by atoms with Gasteiger partial charge in [0.2, 0.25) is 5.95 Å². The average Bonchev–Trinajstić information content (AvgIpc) is 3.91. The van der Waals surface area contributed by atoms with Crippen molar-refractivity contribution in [3.8, 4) is 17.5 Å². The Morgan fingerprint density at radius 2 is 1.61 bits per heavy atom. The van der Waals surface area contributed by atoms with E-state index in [1.807, 2.05) is 6.92 Å². The fourth-order valence-corrected chi connectivity index (χ4v) is 9.01. The van der Waals surface area contributed by atoms with E-state index >= 15 is 0 Å². The van der Waals surface area contributed by atoms with Crippen LogP contribution in [0.15, 0.2) is 70.1 Å². The summed E-state index contributed by atoms with van der Waals surface area (Å²) in [6.07, 6.45) is 7.00. The number of imide groups is 1. The third kappa shape index (κ3) is 14.0. The summed E-state index contributed by atoms with van der Waals surface area (Å²) in [5, 5.41) is 22.1. The van der Waals surface area contributed by atoms with E-state index in [0.717, 1.165) is 65.9 Å². The van der Waals surface area contributed by atoms with Crippen LogP contribution in [0.1, 0.15) is 67.4 Å². The number of methoxy groups -OCH3 is 1. The van der Waals surface area contributed by atoms with Gasteiger partial charge in [-0.05, 0) is 80.8 Å². The molecule has 4 heterocycles. The van der Waals surface area contributed by atoms with Gasteiger partial charge in [0.1, 0.15) is 38.4 Å². The number of amides is 4. The van der Waals surface area contributed by atoms with Crippen molar-refractivity contribution < 1.29 is 70.7 Å². The molecule has 4 amide bonds. The number of halogens is 3. The summed E-state index contributed by atoms with van der Waals surface area (Å²) in [6, 6.07) is 8.83. The average molecular weight is 1030 g/mol. The molecule has 0 atom stereocenters. The van der Waals surface area contributed by atoms with Crippen LogP contribution < -0.4 is 29.1 Å². The van der Waals surface area contributed by atoms with Crippen molar-refractivity contribution in [1.82, 2.24) is 24.7 Å². The number of unbranched alkanes of at least 4 members (excludes halogenated alkanes) is 2. The van der Waals surface area contributed by atoms with Crippen LogP contribution in [0.5, 0.6) is 17.5 Å². The first-order valence-electron chi connectivity index (χ1n) is 20.5. The molecular weight excluding hydrogens is 993 g/mol. The zero-order chi connectivity index (χ0) is 50.4. The largest absolute Gasteiger partial charge is 0.480 e. The summed E-state index contributed by atoms with van der Waals surface area (Å²) < 4.78 is 60.8. The Hall–Kier alpha value is -7.02. The molecule has 2 aromatic carbocycles. The predicted molar refractivity (Wildman–Crippen MR) is 247 cm³/mol. The van der Waals surface area contributed by atoms with Crippen molar-refractivity contribution in [2.75, 3.05) is 37.1 Å². The normalized spacial score (nSPS) is 13.0. The Balaban J connectivity index is 0.000000201. The number of esters is 1. The van der Waals surface area contributed by atoms with Crippen molar-refractivity contribution in [2.45, 2.75) is 63.7 Å². The topological polar surface area (TPSA) is 293 Å². The number of sulfonamides is 1. The first-order chi connectivity index (χ1) is 32.8. The molecule has 69 heavy (non-hydrogen) atoms. The Morgan fingerprint density at radius 3 is 2.26 bits per heavy atom. The van der Waals surface area contributed by atoms with E-state index in [-0.39, 0.29) is 34.2 Å². The zero-order valence-corrected chi connectivity index (χ0v) is 39.9. The van der Waals surface area contributed by atoms with Gasteiger partial charge in [-0.2, -0.15) is 15.0 Å². The summed E-state index contributed by atoms with van der Waals surface area (Å²) in [5.74, 6) is -4.41. The van der Waals surface area contributed by atoms with E-state index in [4.69, 9.17) is 52.4 Å². The summed E-state index contributed by atoms with van der Waals surface area (Å²) in [4.78, 5) is 85.7. The number of aryl methyl sites for hydroxylation is 1. The molecule has 0 fully saturated rings. The van der Waals surface area contributed by atoms with Crippen LogP contribution in [-0.2, 0) is 33.9 Å². The van der Waals surface area contributed by atoms with E-state index in [9.17, 15) is 41.6 Å². The quantitative estimate of drug-likeness (QED) is 0.0433. The number of carbonyl (C=O) groups is 6. The fourth-order valence-electron chi connectivity index (χ4n) is 6.42. The lowest BCUT2D eigenvalue weighted by Crippen LogP contribution is -2.35. The van der Waals surface area contributed by atoms with Gasteiger partial charge >= 0.3 is 29.9 Å². The number of thiophene rings is 1. The van der Waals surface area contributed by atoms with Crippen molar-refractivity contribution >= 4 is 103 Å². The first-order valence-corrected chi connectivity index (χ1v) is 23.6. The van der Waals surface area contributed by atoms with Gasteiger partial charge in [0.05, 0.1) is 29.4 Å². The van der Waals surface area contributed by atoms with E-state index in [1.165, 1.54) is 25.5 Å². The van der Waals surface area contributed by atoms with Crippen LogP contribution in [0.2, 0.25) is 10.0 Å². The molecule has 0 saturated carbocycles. The number of aromatic nitrogens is 4. The molecule has 0 saturated heterocycles. The minimum Gasteiger partial charge on any atom is -0.480 e. The lowest BCUT2D eigenvalue weighted by Gasteiger charge is -2.18. The number of anilines is 2. The summed E-state index contributed by atoms with van der Waals surface area (Å²) in [6.45, 7) is 3.06. The van der Waals surface area contributed by atoms with Gasteiger partial charge in [0.25, 0.3) is 21.8 Å². The van der Waals surface area contributed by atoms with Gasteiger partial charge in [-0.15, -0.1) is 11.3 Å². The molecule has 0 unspecified atom stereocenters. The number of rotatable bonds is 16.